The molecule has 0 aliphatic heterocycles. The van der Waals surface area contributed by atoms with E-state index in [1.165, 1.54) is 0 Å². The van der Waals surface area contributed by atoms with E-state index in [1.807, 2.05) is 0 Å². The van der Waals surface area contributed by atoms with Crippen LogP contribution in [0.3, 0.4) is 0 Å². The standard InChI is InChI=1S/C12H17N2O4/c1-7-6-8(2)11(14(17)18)9(12(3,4)5)10(7)13(15)16/h6-7H,1-5H3. The minimum Gasteiger partial charge on any atom is -0.259 e. The Morgan fingerprint density at radius 2 is 1.67 bits per heavy atom. The summed E-state index contributed by atoms with van der Waals surface area (Å²) in [7, 11) is 0. The third-order valence-electron chi connectivity index (χ3n) is 2.93. The molecule has 99 valence electrons. The maximum atomic E-state index is 11.2. The van der Waals surface area contributed by atoms with Crippen LogP contribution in [0.25, 0.3) is 0 Å². The second-order valence-corrected chi connectivity index (χ2v) is 5.51. The summed E-state index contributed by atoms with van der Waals surface area (Å²) < 4.78 is 0. The number of nitrogens with zero attached hydrogens (tertiary/aromatic N) is 2. The molecule has 1 aliphatic carbocycles. The van der Waals surface area contributed by atoms with Gasteiger partial charge in [0.05, 0.1) is 15.8 Å². The van der Waals surface area contributed by atoms with E-state index in [0.717, 1.165) is 0 Å². The van der Waals surface area contributed by atoms with Gasteiger partial charge in [0.15, 0.2) is 0 Å². The van der Waals surface area contributed by atoms with Crippen molar-refractivity contribution < 1.29 is 9.85 Å². The maximum absolute atomic E-state index is 11.2. The Labute approximate surface area is 106 Å². The van der Waals surface area contributed by atoms with Gasteiger partial charge in [-0.2, -0.15) is 0 Å². The van der Waals surface area contributed by atoms with E-state index in [2.05, 4.69) is 0 Å². The molecule has 1 atom stereocenters. The van der Waals surface area contributed by atoms with Crippen LogP contribution >= 0.6 is 0 Å². The van der Waals surface area contributed by atoms with Crippen molar-refractivity contribution in [2.75, 3.05) is 0 Å². The smallest absolute Gasteiger partial charge is 0.259 e. The molecule has 0 amide bonds. The van der Waals surface area contributed by atoms with Crippen molar-refractivity contribution in [2.24, 2.45) is 11.3 Å². The van der Waals surface area contributed by atoms with Gasteiger partial charge in [-0.1, -0.05) is 27.7 Å². The summed E-state index contributed by atoms with van der Waals surface area (Å²) in [5.41, 5.74) is -0.130. The van der Waals surface area contributed by atoms with E-state index in [1.54, 1.807) is 41.0 Å². The van der Waals surface area contributed by atoms with Crippen LogP contribution in [0.15, 0.2) is 22.5 Å². The van der Waals surface area contributed by atoms with Crippen molar-refractivity contribution in [1.29, 1.82) is 0 Å². The van der Waals surface area contributed by atoms with E-state index in [9.17, 15) is 20.2 Å². The van der Waals surface area contributed by atoms with Crippen LogP contribution in [0.4, 0.5) is 0 Å². The number of allylic oxidation sites excluding steroid dienone is 3. The van der Waals surface area contributed by atoms with Gasteiger partial charge in [0.1, 0.15) is 5.57 Å². The number of rotatable bonds is 2. The van der Waals surface area contributed by atoms with Crippen molar-refractivity contribution in [3.05, 3.63) is 49.2 Å². The summed E-state index contributed by atoms with van der Waals surface area (Å²) in [5.74, 6) is -0.419. The molecule has 1 unspecified atom stereocenters. The second-order valence-electron chi connectivity index (χ2n) is 5.51. The zero-order chi connectivity index (χ0) is 14.2. The highest BCUT2D eigenvalue weighted by atomic mass is 16.6. The monoisotopic (exact) mass is 253 g/mol. The lowest BCUT2D eigenvalue weighted by molar-refractivity contribution is -0.445. The summed E-state index contributed by atoms with van der Waals surface area (Å²) in [6.45, 7) is 8.56. The fraction of sp³-hybridized carbons (Fsp3) is 0.583. The Balaban J connectivity index is 3.65. The molecule has 0 N–H and O–H groups in total. The van der Waals surface area contributed by atoms with Crippen LogP contribution in [0.5, 0.6) is 0 Å². The Kier molecular flexibility index (Phi) is 3.59. The highest BCUT2D eigenvalue weighted by Crippen LogP contribution is 2.42. The molecule has 6 nitrogen and oxygen atoms in total. The quantitative estimate of drug-likeness (QED) is 0.559. The molecule has 0 spiro atoms. The Hall–Kier alpha value is -1.72. The van der Waals surface area contributed by atoms with Crippen molar-refractivity contribution in [3.63, 3.8) is 0 Å². The molecule has 0 heterocycles. The predicted octanol–water partition coefficient (Wildman–Crippen LogP) is 2.97. The zero-order valence-corrected chi connectivity index (χ0v) is 11.2. The lowest BCUT2D eigenvalue weighted by atomic mass is 9.75. The van der Waals surface area contributed by atoms with Crippen LogP contribution in [-0.2, 0) is 0 Å². The average molecular weight is 253 g/mol. The molecule has 18 heavy (non-hydrogen) atoms. The van der Waals surface area contributed by atoms with Crippen LogP contribution in [-0.4, -0.2) is 9.85 Å². The lowest BCUT2D eigenvalue weighted by Crippen LogP contribution is -2.28. The van der Waals surface area contributed by atoms with Crippen molar-refractivity contribution in [3.8, 4) is 0 Å². The highest BCUT2D eigenvalue weighted by Gasteiger charge is 2.44. The Morgan fingerprint density at radius 1 is 1.17 bits per heavy atom. The van der Waals surface area contributed by atoms with Crippen molar-refractivity contribution in [2.45, 2.75) is 34.6 Å². The van der Waals surface area contributed by atoms with Gasteiger partial charge in [0, 0.05) is 17.4 Å². The molecule has 0 saturated heterocycles. The van der Waals surface area contributed by atoms with E-state index < -0.39 is 21.2 Å². The van der Waals surface area contributed by atoms with E-state index in [-0.39, 0.29) is 17.0 Å². The van der Waals surface area contributed by atoms with E-state index in [0.29, 0.717) is 5.57 Å². The van der Waals surface area contributed by atoms with Gasteiger partial charge in [-0.25, -0.2) is 0 Å². The summed E-state index contributed by atoms with van der Waals surface area (Å²) in [6, 6.07) is 0. The fourth-order valence-corrected chi connectivity index (χ4v) is 2.31. The molecular weight excluding hydrogens is 236 g/mol. The summed E-state index contributed by atoms with van der Waals surface area (Å²) in [4.78, 5) is 21.3. The first-order valence-corrected chi connectivity index (χ1v) is 5.67. The van der Waals surface area contributed by atoms with Gasteiger partial charge in [0.2, 0.25) is 0 Å². The molecule has 0 bridgehead atoms. The second kappa shape index (κ2) is 4.51. The lowest BCUT2D eigenvalue weighted by Gasteiger charge is -2.27. The summed E-state index contributed by atoms with van der Waals surface area (Å²) in [6.07, 6.45) is 1.57. The zero-order valence-electron chi connectivity index (χ0n) is 11.2. The number of hydrogen-bond donors (Lipinski definition) is 0. The van der Waals surface area contributed by atoms with Crippen LogP contribution < -0.4 is 0 Å². The van der Waals surface area contributed by atoms with Gasteiger partial charge in [-0.15, -0.1) is 0 Å². The maximum Gasteiger partial charge on any atom is 0.278 e. The molecule has 1 aliphatic rings. The molecule has 1 radical (unpaired) electrons. The molecule has 6 heteroatoms. The molecule has 0 aromatic rings. The van der Waals surface area contributed by atoms with Gasteiger partial charge < -0.3 is 0 Å². The Morgan fingerprint density at radius 3 is 2.00 bits per heavy atom. The van der Waals surface area contributed by atoms with Crippen LogP contribution in [0.1, 0.15) is 34.6 Å². The molecule has 0 aromatic carbocycles. The van der Waals surface area contributed by atoms with Crippen molar-refractivity contribution >= 4 is 0 Å². The Bertz CT molecular complexity index is 469. The molecule has 0 fully saturated rings. The average Bonchev–Trinajstić information content (AvgIpc) is 2.13. The number of hydrogen-bond acceptors (Lipinski definition) is 4. The molecule has 0 saturated carbocycles. The topological polar surface area (TPSA) is 86.3 Å². The summed E-state index contributed by atoms with van der Waals surface area (Å²) in [5, 5.41) is 22.3. The fourth-order valence-electron chi connectivity index (χ4n) is 2.31. The van der Waals surface area contributed by atoms with Gasteiger partial charge >= 0.3 is 0 Å². The minimum atomic E-state index is -0.644. The number of nitro groups is 2. The van der Waals surface area contributed by atoms with Gasteiger partial charge in [0.25, 0.3) is 11.4 Å². The first-order valence-electron chi connectivity index (χ1n) is 5.67. The molecular formula is C12H17N2O4. The first kappa shape index (κ1) is 14.3. The van der Waals surface area contributed by atoms with Gasteiger partial charge in [-0.05, 0) is 6.92 Å². The van der Waals surface area contributed by atoms with Gasteiger partial charge in [-0.3, -0.25) is 20.2 Å². The largest absolute Gasteiger partial charge is 0.278 e. The highest BCUT2D eigenvalue weighted by molar-refractivity contribution is 5.44. The molecule has 0 aromatic heterocycles. The van der Waals surface area contributed by atoms with Crippen LogP contribution in [0.2, 0.25) is 0 Å². The van der Waals surface area contributed by atoms with E-state index in [4.69, 9.17) is 0 Å². The van der Waals surface area contributed by atoms with Crippen molar-refractivity contribution in [1.82, 2.24) is 0 Å². The third kappa shape index (κ3) is 2.42. The minimum absolute atomic E-state index is 0.0696. The van der Waals surface area contributed by atoms with E-state index >= 15 is 0 Å². The SMILES string of the molecule is CC1=C([N+](=O)[O-])C(C(C)(C)C)=C([N+](=O)[O-])C(C)[CH]1. The third-order valence-corrected chi connectivity index (χ3v) is 2.93. The van der Waals surface area contributed by atoms with Crippen LogP contribution in [0, 0.1) is 38.0 Å². The summed E-state index contributed by atoms with van der Waals surface area (Å²) >= 11 is 0. The first-order chi connectivity index (χ1) is 8.07. The predicted molar refractivity (Wildman–Crippen MR) is 66.6 cm³/mol. The normalized spacial score (nSPS) is 21.3. The molecule has 1 rings (SSSR count).